The molecular formula is C39H44F3N5O7. The second kappa shape index (κ2) is 18.2. The van der Waals surface area contributed by atoms with Gasteiger partial charge in [-0.1, -0.05) is 42.5 Å². The topological polar surface area (TPSA) is 173 Å². The number of aliphatic hydroxyl groups is 1. The fourth-order valence-electron chi connectivity index (χ4n) is 6.32. The SMILES string of the molecule is CC(Cc1ccc(CNC(=O)c2cccc(CNC(=O)CCN3CCC(OC(=O)C(F)(F)F)CC3)c2)cc1)NC[C@H](O)c1ccc(O)c2[nH]c(=O)ccc12. The molecule has 5 rings (SSSR count). The molecule has 4 aromatic rings. The quantitative estimate of drug-likeness (QED) is 0.0983. The van der Waals surface area contributed by atoms with Crippen molar-refractivity contribution in [3.05, 3.63) is 111 Å². The van der Waals surface area contributed by atoms with Crippen LogP contribution in [-0.2, 0) is 33.8 Å². The Morgan fingerprint density at radius 1 is 0.944 bits per heavy atom. The molecule has 0 saturated carbocycles. The van der Waals surface area contributed by atoms with Crippen molar-refractivity contribution in [3.8, 4) is 5.75 Å². The number of esters is 1. The van der Waals surface area contributed by atoms with Crippen LogP contribution in [0.3, 0.4) is 0 Å². The molecule has 0 spiro atoms. The lowest BCUT2D eigenvalue weighted by Gasteiger charge is -2.31. The highest BCUT2D eigenvalue weighted by Gasteiger charge is 2.42. The smallest absolute Gasteiger partial charge is 0.490 e. The van der Waals surface area contributed by atoms with Crippen molar-refractivity contribution in [3.63, 3.8) is 0 Å². The van der Waals surface area contributed by atoms with Crippen LogP contribution in [0, 0.1) is 0 Å². The van der Waals surface area contributed by atoms with Gasteiger partial charge in [-0.3, -0.25) is 14.4 Å². The number of likely N-dealkylation sites (tertiary alicyclic amines) is 1. The summed E-state index contributed by atoms with van der Waals surface area (Å²) in [6, 6.07) is 20.9. The van der Waals surface area contributed by atoms with E-state index >= 15 is 0 Å². The third kappa shape index (κ3) is 11.4. The predicted octanol–water partition coefficient (Wildman–Crippen LogP) is 3.99. The zero-order chi connectivity index (χ0) is 38.8. The number of fused-ring (bicyclic) bond motifs is 1. The minimum Gasteiger partial charge on any atom is -0.506 e. The van der Waals surface area contributed by atoms with Gasteiger partial charge in [0, 0.05) is 68.7 Å². The number of nitrogens with one attached hydrogen (secondary N) is 4. The molecule has 2 heterocycles. The lowest BCUT2D eigenvalue weighted by Crippen LogP contribution is -2.41. The Labute approximate surface area is 309 Å². The molecule has 1 aliphatic rings. The van der Waals surface area contributed by atoms with E-state index in [4.69, 9.17) is 0 Å². The van der Waals surface area contributed by atoms with E-state index < -0.39 is 24.4 Å². The van der Waals surface area contributed by atoms with Crippen LogP contribution >= 0.6 is 0 Å². The number of carbonyl (C=O) groups is 3. The number of aromatic amines is 1. The van der Waals surface area contributed by atoms with Crippen LogP contribution in [0.25, 0.3) is 10.9 Å². The molecule has 0 radical (unpaired) electrons. The Bertz CT molecular complexity index is 1980. The van der Waals surface area contributed by atoms with Gasteiger partial charge in [0.2, 0.25) is 11.5 Å². The van der Waals surface area contributed by atoms with Crippen molar-refractivity contribution in [1.29, 1.82) is 0 Å². The van der Waals surface area contributed by atoms with E-state index in [2.05, 4.69) is 25.7 Å². The first-order valence-corrected chi connectivity index (χ1v) is 17.7. The number of nitrogens with zero attached hydrogens (tertiary/aromatic N) is 1. The number of ether oxygens (including phenoxy) is 1. The standard InChI is InChI=1S/C39H44F3N5O7/c1-24(43-23-33(49)30-9-11-32(48)36-31(30)10-12-35(51)46-36)19-25-5-7-26(8-6-25)21-45-37(52)28-4-2-3-27(20-28)22-44-34(50)15-18-47-16-13-29(14-17-47)54-38(53)39(40,41)42/h2-12,20,24,29,33,43,48-49H,13-19,21-23H2,1H3,(H,44,50)(H,45,52)(H,46,51)/t24?,33-/m0/s1. The zero-order valence-electron chi connectivity index (χ0n) is 29.7. The number of pyridine rings is 1. The largest absolute Gasteiger partial charge is 0.506 e. The Morgan fingerprint density at radius 2 is 1.65 bits per heavy atom. The zero-order valence-corrected chi connectivity index (χ0v) is 29.7. The molecule has 6 N–H and O–H groups in total. The molecular weight excluding hydrogens is 707 g/mol. The van der Waals surface area contributed by atoms with Gasteiger partial charge in [0.25, 0.3) is 5.91 Å². The van der Waals surface area contributed by atoms with Gasteiger partial charge in [-0.15, -0.1) is 0 Å². The number of phenols is 1. The molecule has 2 atom stereocenters. The number of halogens is 3. The summed E-state index contributed by atoms with van der Waals surface area (Å²) in [5.41, 5.74) is 3.71. The normalized spacial score (nSPS) is 15.1. The molecule has 54 heavy (non-hydrogen) atoms. The van der Waals surface area contributed by atoms with Crippen LogP contribution in [0.15, 0.2) is 77.6 Å². The van der Waals surface area contributed by atoms with Gasteiger partial charge in [0.15, 0.2) is 0 Å². The van der Waals surface area contributed by atoms with Crippen LogP contribution in [0.4, 0.5) is 13.2 Å². The van der Waals surface area contributed by atoms with Gasteiger partial charge in [-0.2, -0.15) is 13.2 Å². The van der Waals surface area contributed by atoms with E-state index in [1.807, 2.05) is 36.1 Å². The van der Waals surface area contributed by atoms with Gasteiger partial charge in [0.1, 0.15) is 11.9 Å². The molecule has 1 aliphatic heterocycles. The summed E-state index contributed by atoms with van der Waals surface area (Å²) in [5.74, 6) is -2.71. The first-order valence-electron chi connectivity index (χ1n) is 17.7. The number of amides is 2. The molecule has 0 aliphatic carbocycles. The number of rotatable bonds is 15. The molecule has 3 aromatic carbocycles. The summed E-state index contributed by atoms with van der Waals surface area (Å²) in [6.45, 7) is 4.06. The molecule has 288 valence electrons. The number of aromatic nitrogens is 1. The summed E-state index contributed by atoms with van der Waals surface area (Å²) in [7, 11) is 0. The number of benzene rings is 3. The number of carbonyl (C=O) groups excluding carboxylic acids is 3. The second-order valence-corrected chi connectivity index (χ2v) is 13.5. The van der Waals surface area contributed by atoms with Crippen molar-refractivity contribution >= 4 is 28.7 Å². The fraction of sp³-hybridized carbons (Fsp3) is 0.385. The first kappa shape index (κ1) is 39.9. The summed E-state index contributed by atoms with van der Waals surface area (Å²) in [6.07, 6.45) is -5.25. The first-order chi connectivity index (χ1) is 25.7. The number of hydrogen-bond donors (Lipinski definition) is 6. The minimum absolute atomic E-state index is 0.0278. The maximum absolute atomic E-state index is 12.9. The Kier molecular flexibility index (Phi) is 13.5. The summed E-state index contributed by atoms with van der Waals surface area (Å²) in [4.78, 5) is 52.7. The third-order valence-electron chi connectivity index (χ3n) is 9.32. The van der Waals surface area contributed by atoms with E-state index in [-0.39, 0.29) is 67.0 Å². The molecule has 1 fully saturated rings. The number of alkyl halides is 3. The number of aliphatic hydroxyl groups excluding tert-OH is 1. The molecule has 12 nitrogen and oxygen atoms in total. The molecule has 1 unspecified atom stereocenters. The van der Waals surface area contributed by atoms with Crippen LogP contribution in [0.5, 0.6) is 5.75 Å². The number of hydrogen-bond acceptors (Lipinski definition) is 9. The summed E-state index contributed by atoms with van der Waals surface area (Å²) < 4.78 is 41.8. The summed E-state index contributed by atoms with van der Waals surface area (Å²) >= 11 is 0. The van der Waals surface area contributed by atoms with Crippen molar-refractivity contribution < 1.29 is 42.5 Å². The summed E-state index contributed by atoms with van der Waals surface area (Å²) in [5, 5.41) is 30.6. The fourth-order valence-corrected chi connectivity index (χ4v) is 6.32. The molecule has 2 amide bonds. The van der Waals surface area contributed by atoms with Crippen molar-refractivity contribution in [2.75, 3.05) is 26.2 Å². The predicted molar refractivity (Wildman–Crippen MR) is 194 cm³/mol. The average Bonchev–Trinajstić information content (AvgIpc) is 3.15. The highest BCUT2D eigenvalue weighted by atomic mass is 19.4. The number of phenolic OH excluding ortho intramolecular Hbond substituents is 1. The average molecular weight is 752 g/mol. The molecule has 1 aromatic heterocycles. The molecule has 1 saturated heterocycles. The van der Waals surface area contributed by atoms with Crippen molar-refractivity contribution in [2.45, 2.75) is 70.1 Å². The van der Waals surface area contributed by atoms with E-state index in [1.54, 1.807) is 36.4 Å². The maximum atomic E-state index is 12.9. The van der Waals surface area contributed by atoms with E-state index in [0.29, 0.717) is 49.1 Å². The molecule has 15 heteroatoms. The monoisotopic (exact) mass is 751 g/mol. The number of H-pyrrole nitrogens is 1. The van der Waals surface area contributed by atoms with Gasteiger partial charge < -0.3 is 40.8 Å². The van der Waals surface area contributed by atoms with Gasteiger partial charge in [-0.25, -0.2) is 4.79 Å². The third-order valence-corrected chi connectivity index (χ3v) is 9.32. The highest BCUT2D eigenvalue weighted by Crippen LogP contribution is 2.28. The van der Waals surface area contributed by atoms with Gasteiger partial charge >= 0.3 is 12.1 Å². The number of piperidine rings is 1. The van der Waals surface area contributed by atoms with Gasteiger partial charge in [0.05, 0.1) is 11.6 Å². The van der Waals surface area contributed by atoms with E-state index in [1.165, 1.54) is 12.1 Å². The van der Waals surface area contributed by atoms with Crippen molar-refractivity contribution in [2.24, 2.45) is 0 Å². The Morgan fingerprint density at radius 3 is 2.37 bits per heavy atom. The lowest BCUT2D eigenvalue weighted by atomic mass is 10.0. The van der Waals surface area contributed by atoms with Crippen LogP contribution in [0.1, 0.15) is 64.9 Å². The number of aromatic hydroxyl groups is 1. The molecule has 0 bridgehead atoms. The van der Waals surface area contributed by atoms with Gasteiger partial charge in [-0.05, 0) is 72.7 Å². The maximum Gasteiger partial charge on any atom is 0.490 e. The Balaban J connectivity index is 0.999. The lowest BCUT2D eigenvalue weighted by molar-refractivity contribution is -0.206. The Hall–Kier alpha value is -5.25. The van der Waals surface area contributed by atoms with Crippen LogP contribution in [0.2, 0.25) is 0 Å². The minimum atomic E-state index is -5.01. The highest BCUT2D eigenvalue weighted by molar-refractivity contribution is 5.94. The second-order valence-electron chi connectivity index (χ2n) is 13.5. The van der Waals surface area contributed by atoms with Crippen molar-refractivity contribution in [1.82, 2.24) is 25.8 Å². The van der Waals surface area contributed by atoms with Crippen LogP contribution < -0.4 is 21.5 Å². The van der Waals surface area contributed by atoms with E-state index in [9.17, 15) is 42.6 Å². The van der Waals surface area contributed by atoms with E-state index in [0.717, 1.165) is 16.7 Å². The van der Waals surface area contributed by atoms with Crippen LogP contribution in [-0.4, -0.2) is 82.4 Å².